The van der Waals surface area contributed by atoms with Gasteiger partial charge in [0, 0.05) is 22.7 Å². The summed E-state index contributed by atoms with van der Waals surface area (Å²) in [5.41, 5.74) is -0.0746. The van der Waals surface area contributed by atoms with Crippen LogP contribution >= 0.6 is 11.3 Å². The van der Waals surface area contributed by atoms with Crippen LogP contribution in [-0.2, 0) is 22.2 Å². The number of halogens is 2. The zero-order valence-corrected chi connectivity index (χ0v) is 13.8. The summed E-state index contributed by atoms with van der Waals surface area (Å²) in [6, 6.07) is 2.33. The van der Waals surface area contributed by atoms with Crippen molar-refractivity contribution in [3.8, 4) is 0 Å². The quantitative estimate of drug-likeness (QED) is 0.874. The fourth-order valence-electron chi connectivity index (χ4n) is 1.89. The van der Waals surface area contributed by atoms with E-state index in [0.717, 1.165) is 23.4 Å². The summed E-state index contributed by atoms with van der Waals surface area (Å²) in [5, 5.41) is 0.653. The van der Waals surface area contributed by atoms with Gasteiger partial charge in [-0.15, -0.1) is 11.3 Å². The molecule has 0 radical (unpaired) electrons. The molecule has 1 aromatic carbocycles. The molecule has 1 atom stereocenters. The van der Waals surface area contributed by atoms with E-state index in [-0.39, 0.29) is 5.56 Å². The Labute approximate surface area is 132 Å². The second kappa shape index (κ2) is 6.80. The van der Waals surface area contributed by atoms with Crippen LogP contribution in [0, 0.1) is 11.6 Å². The summed E-state index contributed by atoms with van der Waals surface area (Å²) in [5.74, 6) is -2.16. The molecular formula is C14H16F2N2O2S2. The number of hydrogen-bond donors (Lipinski definition) is 1. The van der Waals surface area contributed by atoms with Crippen LogP contribution < -0.4 is 4.72 Å². The van der Waals surface area contributed by atoms with E-state index >= 15 is 0 Å². The van der Waals surface area contributed by atoms with Gasteiger partial charge in [-0.2, -0.15) is 0 Å². The molecule has 0 aliphatic heterocycles. The van der Waals surface area contributed by atoms with E-state index in [4.69, 9.17) is 0 Å². The number of nitrogens with zero attached hydrogens (tertiary/aromatic N) is 1. The number of thiazole rings is 1. The van der Waals surface area contributed by atoms with Crippen LogP contribution in [0.1, 0.15) is 35.3 Å². The lowest BCUT2D eigenvalue weighted by molar-refractivity contribution is 0.555. The molecule has 1 N–H and O–H groups in total. The first-order valence-electron chi connectivity index (χ1n) is 6.69. The average molecular weight is 346 g/mol. The summed E-state index contributed by atoms with van der Waals surface area (Å²) in [7, 11) is -3.76. The molecule has 1 aromatic heterocycles. The number of nitrogens with one attached hydrogen (secondary N) is 1. The lowest BCUT2D eigenvalue weighted by atomic mass is 10.2. The Morgan fingerprint density at radius 3 is 2.68 bits per heavy atom. The molecule has 0 fully saturated rings. The minimum Gasteiger partial charge on any atom is -0.248 e. The molecule has 120 valence electrons. The van der Waals surface area contributed by atoms with Crippen molar-refractivity contribution < 1.29 is 17.2 Å². The topological polar surface area (TPSA) is 59.1 Å². The highest BCUT2D eigenvalue weighted by Crippen LogP contribution is 2.22. The predicted molar refractivity (Wildman–Crippen MR) is 82.0 cm³/mol. The molecular weight excluding hydrogens is 330 g/mol. The summed E-state index contributed by atoms with van der Waals surface area (Å²) in [4.78, 5) is 5.24. The lowest BCUT2D eigenvalue weighted by Crippen LogP contribution is -2.28. The van der Waals surface area contributed by atoms with Crippen molar-refractivity contribution in [2.24, 2.45) is 0 Å². The molecule has 22 heavy (non-hydrogen) atoms. The van der Waals surface area contributed by atoms with Crippen molar-refractivity contribution in [2.45, 2.75) is 32.1 Å². The molecule has 1 unspecified atom stereocenters. The van der Waals surface area contributed by atoms with E-state index in [0.29, 0.717) is 11.1 Å². The van der Waals surface area contributed by atoms with Gasteiger partial charge in [0.15, 0.2) is 0 Å². The monoisotopic (exact) mass is 346 g/mol. The van der Waals surface area contributed by atoms with Gasteiger partial charge < -0.3 is 0 Å². The molecule has 2 aromatic rings. The minimum absolute atomic E-state index is 0.0746. The molecule has 8 heteroatoms. The third-order valence-electron chi connectivity index (χ3n) is 3.01. The lowest BCUT2D eigenvalue weighted by Gasteiger charge is -2.12. The summed E-state index contributed by atoms with van der Waals surface area (Å²) in [6.07, 6.45) is 2.54. The van der Waals surface area contributed by atoms with Gasteiger partial charge in [-0.3, -0.25) is 0 Å². The Balaban J connectivity index is 2.10. The Morgan fingerprint density at radius 1 is 1.36 bits per heavy atom. The highest BCUT2D eigenvalue weighted by molar-refractivity contribution is 7.88. The van der Waals surface area contributed by atoms with Gasteiger partial charge in [-0.25, -0.2) is 26.9 Å². The van der Waals surface area contributed by atoms with E-state index in [9.17, 15) is 17.2 Å². The van der Waals surface area contributed by atoms with Crippen molar-refractivity contribution >= 4 is 21.4 Å². The fourth-order valence-corrected chi connectivity index (χ4v) is 4.20. The maximum Gasteiger partial charge on any atom is 0.216 e. The largest absolute Gasteiger partial charge is 0.248 e. The van der Waals surface area contributed by atoms with Crippen LogP contribution in [0.3, 0.4) is 0 Å². The zero-order chi connectivity index (χ0) is 16.3. The standard InChI is InChI=1S/C14H16F2N2O2S2/c1-3-12-7-17-14(21-12)9(2)18-22(19,20)8-10-4-5-11(15)6-13(10)16/h4-7,9,18H,3,8H2,1-2H3. The molecule has 0 aliphatic carbocycles. The van der Waals surface area contributed by atoms with Gasteiger partial charge in [-0.05, 0) is 19.4 Å². The van der Waals surface area contributed by atoms with E-state index < -0.39 is 33.5 Å². The SMILES string of the molecule is CCc1cnc(C(C)NS(=O)(=O)Cc2ccc(F)cc2F)s1. The number of rotatable bonds is 6. The highest BCUT2D eigenvalue weighted by Gasteiger charge is 2.20. The second-order valence-corrected chi connectivity index (χ2v) is 7.75. The van der Waals surface area contributed by atoms with Gasteiger partial charge in [0.25, 0.3) is 0 Å². The molecule has 0 bridgehead atoms. The fraction of sp³-hybridized carbons (Fsp3) is 0.357. The van der Waals surface area contributed by atoms with Gasteiger partial charge in [-0.1, -0.05) is 13.0 Å². The van der Waals surface area contributed by atoms with Crippen LogP contribution in [-0.4, -0.2) is 13.4 Å². The summed E-state index contributed by atoms with van der Waals surface area (Å²) >= 11 is 1.43. The van der Waals surface area contributed by atoms with Crippen LogP contribution in [0.4, 0.5) is 8.78 Å². The van der Waals surface area contributed by atoms with E-state index in [2.05, 4.69) is 9.71 Å². The van der Waals surface area contributed by atoms with Crippen LogP contribution in [0.15, 0.2) is 24.4 Å². The molecule has 0 aliphatic rings. The third kappa shape index (κ3) is 4.31. The van der Waals surface area contributed by atoms with Crippen molar-refractivity contribution in [1.29, 1.82) is 0 Å². The first-order valence-corrected chi connectivity index (χ1v) is 9.16. The van der Waals surface area contributed by atoms with Crippen LogP contribution in [0.25, 0.3) is 0 Å². The normalized spacial score (nSPS) is 13.3. The molecule has 0 saturated carbocycles. The highest BCUT2D eigenvalue weighted by atomic mass is 32.2. The number of benzene rings is 1. The Morgan fingerprint density at radius 2 is 2.09 bits per heavy atom. The van der Waals surface area contributed by atoms with Crippen molar-refractivity contribution in [3.05, 3.63) is 51.5 Å². The van der Waals surface area contributed by atoms with Gasteiger partial charge in [0.05, 0.1) is 11.8 Å². The van der Waals surface area contributed by atoms with E-state index in [1.54, 1.807) is 13.1 Å². The predicted octanol–water partition coefficient (Wildman–Crippen LogP) is 3.16. The number of hydrogen-bond acceptors (Lipinski definition) is 4. The Hall–Kier alpha value is -1.38. The van der Waals surface area contributed by atoms with Gasteiger partial charge in [0.2, 0.25) is 10.0 Å². The number of aryl methyl sites for hydroxylation is 1. The Bertz CT molecular complexity index is 760. The number of sulfonamides is 1. The zero-order valence-electron chi connectivity index (χ0n) is 12.1. The molecule has 0 amide bonds. The third-order valence-corrected chi connectivity index (χ3v) is 5.74. The van der Waals surface area contributed by atoms with Crippen molar-refractivity contribution in [1.82, 2.24) is 9.71 Å². The van der Waals surface area contributed by atoms with Crippen molar-refractivity contribution in [2.75, 3.05) is 0 Å². The Kier molecular flexibility index (Phi) is 5.25. The minimum atomic E-state index is -3.76. The van der Waals surface area contributed by atoms with Crippen LogP contribution in [0.5, 0.6) is 0 Å². The molecule has 1 heterocycles. The molecule has 4 nitrogen and oxygen atoms in total. The first-order chi connectivity index (χ1) is 10.3. The van der Waals surface area contributed by atoms with Crippen LogP contribution in [0.2, 0.25) is 0 Å². The number of aromatic nitrogens is 1. The van der Waals surface area contributed by atoms with Crippen molar-refractivity contribution in [3.63, 3.8) is 0 Å². The maximum absolute atomic E-state index is 13.5. The average Bonchev–Trinajstić information content (AvgIpc) is 2.90. The van der Waals surface area contributed by atoms with Gasteiger partial charge >= 0.3 is 0 Å². The smallest absolute Gasteiger partial charge is 0.216 e. The van der Waals surface area contributed by atoms with Gasteiger partial charge in [0.1, 0.15) is 16.6 Å². The maximum atomic E-state index is 13.5. The second-order valence-electron chi connectivity index (χ2n) is 4.85. The van der Waals surface area contributed by atoms with E-state index in [1.807, 2.05) is 6.92 Å². The summed E-state index contributed by atoms with van der Waals surface area (Å²) < 4.78 is 53.0. The summed E-state index contributed by atoms with van der Waals surface area (Å²) in [6.45, 7) is 3.67. The molecule has 0 spiro atoms. The molecule has 0 saturated heterocycles. The molecule has 2 rings (SSSR count). The van der Waals surface area contributed by atoms with E-state index in [1.165, 1.54) is 11.3 Å². The first kappa shape index (κ1) is 17.0.